The van der Waals surface area contributed by atoms with Gasteiger partial charge < -0.3 is 21.3 Å². The van der Waals surface area contributed by atoms with Crippen molar-refractivity contribution in [1.29, 1.82) is 0 Å². The van der Waals surface area contributed by atoms with Gasteiger partial charge in [-0.25, -0.2) is 0 Å². The Kier molecular flexibility index (Phi) is 6.28. The highest BCUT2D eigenvalue weighted by molar-refractivity contribution is 8.00. The van der Waals surface area contributed by atoms with E-state index in [1.165, 1.54) is 11.8 Å². The van der Waals surface area contributed by atoms with Crippen LogP contribution in [0.4, 0.5) is 11.4 Å². The number of carbonyl (C=O) groups excluding carboxylic acids is 1. The molecule has 1 aromatic carbocycles. The van der Waals surface area contributed by atoms with Crippen LogP contribution in [-0.2, 0) is 4.79 Å². The van der Waals surface area contributed by atoms with E-state index >= 15 is 0 Å². The van der Waals surface area contributed by atoms with Crippen molar-refractivity contribution in [3.63, 3.8) is 0 Å². The lowest BCUT2D eigenvalue weighted by molar-refractivity contribution is -0.113. The Morgan fingerprint density at radius 1 is 1.56 bits per heavy atom. The van der Waals surface area contributed by atoms with Gasteiger partial charge >= 0.3 is 0 Å². The van der Waals surface area contributed by atoms with Crippen LogP contribution >= 0.6 is 23.4 Å². The van der Waals surface area contributed by atoms with Gasteiger partial charge in [0, 0.05) is 11.4 Å². The topological polar surface area (TPSA) is 95.6 Å². The summed E-state index contributed by atoms with van der Waals surface area (Å²) in [6.07, 6.45) is -0.797. The predicted molar refractivity (Wildman–Crippen MR) is 74.9 cm³/mol. The molecule has 100 valence electrons. The number of nitrogens with one attached hydrogen (secondary N) is 1. The zero-order valence-corrected chi connectivity index (χ0v) is 11.2. The fourth-order valence-electron chi connectivity index (χ4n) is 1.16. The molecule has 1 aromatic rings. The molecule has 5 nitrogen and oxygen atoms in total. The maximum atomic E-state index is 11.5. The number of anilines is 2. The van der Waals surface area contributed by atoms with E-state index in [1.54, 1.807) is 18.2 Å². The number of rotatable bonds is 6. The molecule has 0 aliphatic carbocycles. The Morgan fingerprint density at radius 3 is 2.89 bits per heavy atom. The summed E-state index contributed by atoms with van der Waals surface area (Å²) in [5, 5.41) is 20.8. The lowest BCUT2D eigenvalue weighted by Crippen LogP contribution is -2.19. The van der Waals surface area contributed by atoms with Crippen LogP contribution in [0.2, 0.25) is 5.02 Å². The van der Waals surface area contributed by atoms with Gasteiger partial charge in [0.05, 0.1) is 29.2 Å². The molecule has 0 fully saturated rings. The largest absolute Gasteiger partial charge is 0.397 e. The van der Waals surface area contributed by atoms with Crippen LogP contribution in [0, 0.1) is 0 Å². The fraction of sp³-hybridized carbons (Fsp3) is 0.364. The molecule has 0 aromatic heterocycles. The number of nitrogens with two attached hydrogens (primary N) is 1. The van der Waals surface area contributed by atoms with E-state index in [1.807, 2.05) is 0 Å². The van der Waals surface area contributed by atoms with Gasteiger partial charge in [-0.15, -0.1) is 11.8 Å². The van der Waals surface area contributed by atoms with Gasteiger partial charge in [0.1, 0.15) is 0 Å². The number of thioether (sulfide) groups is 1. The van der Waals surface area contributed by atoms with Gasteiger partial charge in [-0.2, -0.15) is 0 Å². The van der Waals surface area contributed by atoms with Gasteiger partial charge in [0.25, 0.3) is 0 Å². The van der Waals surface area contributed by atoms with Crippen molar-refractivity contribution in [3.8, 4) is 0 Å². The minimum Gasteiger partial charge on any atom is -0.397 e. The highest BCUT2D eigenvalue weighted by Gasteiger charge is 2.07. The Bertz CT molecular complexity index is 417. The summed E-state index contributed by atoms with van der Waals surface area (Å²) in [4.78, 5) is 11.5. The summed E-state index contributed by atoms with van der Waals surface area (Å²) >= 11 is 7.00. The molecular weight excluding hydrogens is 276 g/mol. The zero-order valence-electron chi connectivity index (χ0n) is 9.60. The molecule has 0 bridgehead atoms. The second kappa shape index (κ2) is 7.48. The molecule has 0 aliphatic heterocycles. The number of aliphatic hydroxyl groups excluding tert-OH is 2. The second-order valence-corrected chi connectivity index (χ2v) is 5.07. The molecule has 1 amide bonds. The molecule has 5 N–H and O–H groups in total. The number of hydrogen-bond acceptors (Lipinski definition) is 5. The molecule has 1 rings (SSSR count). The van der Waals surface area contributed by atoms with E-state index in [2.05, 4.69) is 5.32 Å². The Labute approximate surface area is 114 Å². The number of amides is 1. The van der Waals surface area contributed by atoms with Crippen molar-refractivity contribution in [1.82, 2.24) is 0 Å². The second-order valence-electron chi connectivity index (χ2n) is 3.64. The van der Waals surface area contributed by atoms with E-state index in [0.717, 1.165) is 0 Å². The third-order valence-electron chi connectivity index (χ3n) is 2.03. The minimum atomic E-state index is -0.797. The number of aliphatic hydroxyl groups is 2. The molecule has 0 saturated heterocycles. The SMILES string of the molecule is Nc1cc(NC(=O)CSCC(O)CO)ccc1Cl. The molecule has 0 spiro atoms. The van der Waals surface area contributed by atoms with E-state index in [-0.39, 0.29) is 18.3 Å². The van der Waals surface area contributed by atoms with Crippen LogP contribution in [0.25, 0.3) is 0 Å². The van der Waals surface area contributed by atoms with Gasteiger partial charge in [-0.1, -0.05) is 11.6 Å². The lowest BCUT2D eigenvalue weighted by Gasteiger charge is -2.08. The smallest absolute Gasteiger partial charge is 0.234 e. The Morgan fingerprint density at radius 2 is 2.28 bits per heavy atom. The summed E-state index contributed by atoms with van der Waals surface area (Å²) in [5.41, 5.74) is 6.58. The molecule has 7 heteroatoms. The van der Waals surface area contributed by atoms with Gasteiger partial charge in [-0.3, -0.25) is 4.79 Å². The Hall–Kier alpha value is -0.950. The highest BCUT2D eigenvalue weighted by Crippen LogP contribution is 2.22. The van der Waals surface area contributed by atoms with E-state index in [4.69, 9.17) is 27.5 Å². The van der Waals surface area contributed by atoms with Crippen molar-refractivity contribution in [2.45, 2.75) is 6.10 Å². The van der Waals surface area contributed by atoms with Crippen LogP contribution in [0.15, 0.2) is 18.2 Å². The van der Waals surface area contributed by atoms with Crippen molar-refractivity contribution in [2.24, 2.45) is 0 Å². The van der Waals surface area contributed by atoms with Crippen molar-refractivity contribution in [3.05, 3.63) is 23.2 Å². The zero-order chi connectivity index (χ0) is 13.5. The van der Waals surface area contributed by atoms with Gasteiger partial charge in [0.2, 0.25) is 5.91 Å². The third-order valence-corrected chi connectivity index (χ3v) is 3.46. The molecule has 0 aliphatic rings. The van der Waals surface area contributed by atoms with Crippen LogP contribution in [0.1, 0.15) is 0 Å². The number of halogens is 1. The molecular formula is C11H15ClN2O3S. The lowest BCUT2D eigenvalue weighted by atomic mass is 10.3. The van der Waals surface area contributed by atoms with Crippen molar-refractivity contribution in [2.75, 3.05) is 29.2 Å². The fourth-order valence-corrected chi connectivity index (χ4v) is 2.03. The average Bonchev–Trinajstić information content (AvgIpc) is 2.33. The molecule has 18 heavy (non-hydrogen) atoms. The maximum Gasteiger partial charge on any atom is 0.234 e. The average molecular weight is 291 g/mol. The summed E-state index contributed by atoms with van der Waals surface area (Å²) in [5.74, 6) is 0.304. The normalized spacial score (nSPS) is 12.2. The first-order valence-electron chi connectivity index (χ1n) is 5.24. The number of carbonyl (C=O) groups is 1. The molecule has 0 heterocycles. The van der Waals surface area contributed by atoms with Crippen LogP contribution in [-0.4, -0.2) is 40.3 Å². The highest BCUT2D eigenvalue weighted by atomic mass is 35.5. The quantitative estimate of drug-likeness (QED) is 0.585. The Balaban J connectivity index is 2.38. The molecule has 1 unspecified atom stereocenters. The molecule has 0 saturated carbocycles. The van der Waals surface area contributed by atoms with Crippen molar-refractivity contribution >= 4 is 40.6 Å². The molecule has 1 atom stereocenters. The first-order chi connectivity index (χ1) is 8.52. The van der Waals surface area contributed by atoms with Gasteiger partial charge in [0.15, 0.2) is 0 Å². The van der Waals surface area contributed by atoms with E-state index in [9.17, 15) is 4.79 Å². The number of hydrogen-bond donors (Lipinski definition) is 4. The third kappa shape index (κ3) is 5.14. The predicted octanol–water partition coefficient (Wildman–Crippen LogP) is 0.947. The van der Waals surface area contributed by atoms with E-state index in [0.29, 0.717) is 22.2 Å². The van der Waals surface area contributed by atoms with Gasteiger partial charge in [-0.05, 0) is 18.2 Å². The number of benzene rings is 1. The monoisotopic (exact) mass is 290 g/mol. The van der Waals surface area contributed by atoms with E-state index < -0.39 is 6.10 Å². The summed E-state index contributed by atoms with van der Waals surface area (Å²) in [6, 6.07) is 4.84. The maximum absolute atomic E-state index is 11.5. The summed E-state index contributed by atoms with van der Waals surface area (Å²) in [6.45, 7) is -0.303. The van der Waals surface area contributed by atoms with Crippen molar-refractivity contribution < 1.29 is 15.0 Å². The van der Waals surface area contributed by atoms with Crippen LogP contribution in [0.5, 0.6) is 0 Å². The minimum absolute atomic E-state index is 0.194. The summed E-state index contributed by atoms with van der Waals surface area (Å²) < 4.78 is 0. The summed E-state index contributed by atoms with van der Waals surface area (Å²) in [7, 11) is 0. The standard InChI is InChI=1S/C11H15ClN2O3S/c12-9-2-1-7(3-10(9)13)14-11(17)6-18-5-8(16)4-15/h1-3,8,15-16H,4-6,13H2,(H,14,17). The number of nitrogen functional groups attached to an aromatic ring is 1. The first-order valence-corrected chi connectivity index (χ1v) is 6.77. The molecule has 0 radical (unpaired) electrons. The van der Waals surface area contributed by atoms with Crippen LogP contribution in [0.3, 0.4) is 0 Å². The first kappa shape index (κ1) is 15.1. The van der Waals surface area contributed by atoms with Crippen LogP contribution < -0.4 is 11.1 Å².